The third-order valence-electron chi connectivity index (χ3n) is 2.05. The van der Waals surface area contributed by atoms with Gasteiger partial charge in [-0.1, -0.05) is 6.92 Å². The van der Waals surface area contributed by atoms with E-state index in [0.29, 0.717) is 6.61 Å². The quantitative estimate of drug-likeness (QED) is 0.657. The predicted octanol–water partition coefficient (Wildman–Crippen LogP) is 0.696. The summed E-state index contributed by atoms with van der Waals surface area (Å²) >= 11 is 0. The summed E-state index contributed by atoms with van der Waals surface area (Å²) in [5, 5.41) is 8.42. The first-order chi connectivity index (χ1) is 6.22. The Kier molecular flexibility index (Phi) is 3.76. The molecule has 1 rings (SSSR count). The van der Waals surface area contributed by atoms with Crippen LogP contribution in [0.1, 0.15) is 13.3 Å². The highest BCUT2D eigenvalue weighted by Crippen LogP contribution is 2.07. The zero-order chi connectivity index (χ0) is 9.68. The molecule has 0 bridgehead atoms. The molecular formula is C9H15NO3. The van der Waals surface area contributed by atoms with E-state index in [1.165, 1.54) is 0 Å². The van der Waals surface area contributed by atoms with Crippen molar-refractivity contribution in [3.63, 3.8) is 0 Å². The lowest BCUT2D eigenvalue weighted by atomic mass is 10.2. The van der Waals surface area contributed by atoms with Gasteiger partial charge in [-0.3, -0.25) is 0 Å². The van der Waals surface area contributed by atoms with Gasteiger partial charge in [-0.15, -0.1) is 0 Å². The highest BCUT2D eigenvalue weighted by molar-refractivity contribution is 5.79. The van der Waals surface area contributed by atoms with Crippen molar-refractivity contribution >= 4 is 5.97 Å². The van der Waals surface area contributed by atoms with Crippen LogP contribution in [0, 0.1) is 0 Å². The van der Waals surface area contributed by atoms with Gasteiger partial charge in [0.2, 0.25) is 0 Å². The van der Waals surface area contributed by atoms with E-state index < -0.39 is 5.97 Å². The highest BCUT2D eigenvalue weighted by atomic mass is 16.5. The monoisotopic (exact) mass is 185 g/mol. The van der Waals surface area contributed by atoms with E-state index in [0.717, 1.165) is 25.6 Å². The van der Waals surface area contributed by atoms with Crippen molar-refractivity contribution < 1.29 is 14.6 Å². The van der Waals surface area contributed by atoms with E-state index in [2.05, 4.69) is 6.92 Å². The minimum Gasteiger partial charge on any atom is -0.478 e. The minimum absolute atomic E-state index is 0.243. The number of ether oxygens (including phenoxy) is 1. The fourth-order valence-electron chi connectivity index (χ4n) is 1.29. The molecule has 1 N–H and O–H groups in total. The third-order valence-corrected chi connectivity index (χ3v) is 2.05. The maximum absolute atomic E-state index is 10.2. The summed E-state index contributed by atoms with van der Waals surface area (Å²) in [4.78, 5) is 12.2. The van der Waals surface area contributed by atoms with Crippen LogP contribution in [0.4, 0.5) is 0 Å². The Morgan fingerprint density at radius 3 is 3.15 bits per heavy atom. The largest absolute Gasteiger partial charge is 0.478 e. The van der Waals surface area contributed by atoms with Crippen LogP contribution in [0.25, 0.3) is 0 Å². The van der Waals surface area contributed by atoms with E-state index in [-0.39, 0.29) is 6.10 Å². The van der Waals surface area contributed by atoms with Gasteiger partial charge in [0.05, 0.1) is 12.7 Å². The second kappa shape index (κ2) is 4.87. The van der Waals surface area contributed by atoms with Gasteiger partial charge in [0, 0.05) is 25.4 Å². The number of carboxylic acid groups (broad SMARTS) is 1. The first-order valence-corrected chi connectivity index (χ1v) is 4.49. The zero-order valence-electron chi connectivity index (χ0n) is 7.77. The number of carbonyl (C=O) groups is 1. The number of hydrogen-bond acceptors (Lipinski definition) is 3. The van der Waals surface area contributed by atoms with Gasteiger partial charge in [0.1, 0.15) is 0 Å². The van der Waals surface area contributed by atoms with Crippen LogP contribution in [0.15, 0.2) is 12.3 Å². The summed E-state index contributed by atoms with van der Waals surface area (Å²) in [6.45, 7) is 4.32. The molecule has 1 heterocycles. The zero-order valence-corrected chi connectivity index (χ0v) is 7.77. The Bertz CT molecular complexity index is 203. The van der Waals surface area contributed by atoms with Crippen LogP contribution in [-0.2, 0) is 9.53 Å². The fraction of sp³-hybridized carbons (Fsp3) is 0.667. The van der Waals surface area contributed by atoms with Crippen LogP contribution in [0.5, 0.6) is 0 Å². The second-order valence-corrected chi connectivity index (χ2v) is 3.05. The van der Waals surface area contributed by atoms with Crippen LogP contribution in [-0.4, -0.2) is 41.8 Å². The van der Waals surface area contributed by atoms with Gasteiger partial charge in [0.15, 0.2) is 0 Å². The Morgan fingerprint density at radius 2 is 2.54 bits per heavy atom. The molecule has 1 aliphatic heterocycles. The van der Waals surface area contributed by atoms with Crippen molar-refractivity contribution in [2.24, 2.45) is 0 Å². The van der Waals surface area contributed by atoms with Crippen molar-refractivity contribution in [3.05, 3.63) is 12.3 Å². The Hall–Kier alpha value is -1.03. The molecule has 4 heteroatoms. The molecule has 1 saturated heterocycles. The summed E-state index contributed by atoms with van der Waals surface area (Å²) in [5.74, 6) is -0.903. The normalized spacial score (nSPS) is 23.8. The summed E-state index contributed by atoms with van der Waals surface area (Å²) < 4.78 is 5.44. The first kappa shape index (κ1) is 10.1. The van der Waals surface area contributed by atoms with E-state index >= 15 is 0 Å². The molecule has 1 atom stereocenters. The SMILES string of the molecule is CCC1CN(/C=C/C(=O)O)CCO1. The van der Waals surface area contributed by atoms with E-state index in [4.69, 9.17) is 9.84 Å². The average molecular weight is 185 g/mol. The molecule has 0 aliphatic carbocycles. The van der Waals surface area contributed by atoms with E-state index in [1.807, 2.05) is 4.90 Å². The van der Waals surface area contributed by atoms with Gasteiger partial charge >= 0.3 is 5.97 Å². The molecule has 0 amide bonds. The Labute approximate surface area is 77.8 Å². The Balaban J connectivity index is 2.38. The van der Waals surface area contributed by atoms with Crippen molar-refractivity contribution in [2.45, 2.75) is 19.4 Å². The maximum Gasteiger partial charge on any atom is 0.329 e. The van der Waals surface area contributed by atoms with Crippen molar-refractivity contribution in [1.82, 2.24) is 4.90 Å². The predicted molar refractivity (Wildman–Crippen MR) is 48.4 cm³/mol. The van der Waals surface area contributed by atoms with Gasteiger partial charge in [-0.25, -0.2) is 4.79 Å². The smallest absolute Gasteiger partial charge is 0.329 e. The second-order valence-electron chi connectivity index (χ2n) is 3.05. The van der Waals surface area contributed by atoms with Gasteiger partial charge in [0.25, 0.3) is 0 Å². The summed E-state index contributed by atoms with van der Waals surface area (Å²) in [5.41, 5.74) is 0. The molecule has 13 heavy (non-hydrogen) atoms. The lowest BCUT2D eigenvalue weighted by molar-refractivity contribution is -0.131. The number of aliphatic carboxylic acids is 1. The number of nitrogens with zero attached hydrogens (tertiary/aromatic N) is 1. The highest BCUT2D eigenvalue weighted by Gasteiger charge is 2.15. The van der Waals surface area contributed by atoms with Crippen molar-refractivity contribution in [2.75, 3.05) is 19.7 Å². The molecule has 74 valence electrons. The molecule has 4 nitrogen and oxygen atoms in total. The standard InChI is InChI=1S/C9H15NO3/c1-2-8-7-10(5-6-13-8)4-3-9(11)12/h3-4,8H,2,5-7H2,1H3,(H,11,12)/b4-3+. The summed E-state index contributed by atoms with van der Waals surface area (Å²) in [6, 6.07) is 0. The van der Waals surface area contributed by atoms with Gasteiger partial charge in [-0.2, -0.15) is 0 Å². The third kappa shape index (κ3) is 3.46. The fourth-order valence-corrected chi connectivity index (χ4v) is 1.29. The number of hydrogen-bond donors (Lipinski definition) is 1. The number of carboxylic acids is 1. The molecule has 1 unspecified atom stereocenters. The molecular weight excluding hydrogens is 170 g/mol. The molecule has 0 spiro atoms. The van der Waals surface area contributed by atoms with Gasteiger partial charge < -0.3 is 14.7 Å². The molecule has 0 radical (unpaired) electrons. The van der Waals surface area contributed by atoms with Crippen LogP contribution in [0.3, 0.4) is 0 Å². The number of rotatable bonds is 3. The van der Waals surface area contributed by atoms with Crippen molar-refractivity contribution in [3.8, 4) is 0 Å². The molecule has 0 aromatic heterocycles. The molecule has 0 aromatic rings. The Morgan fingerprint density at radius 1 is 1.77 bits per heavy atom. The first-order valence-electron chi connectivity index (χ1n) is 4.49. The molecule has 0 saturated carbocycles. The average Bonchev–Trinajstić information content (AvgIpc) is 2.15. The summed E-state index contributed by atoms with van der Waals surface area (Å²) in [7, 11) is 0. The number of morpholine rings is 1. The minimum atomic E-state index is -0.903. The van der Waals surface area contributed by atoms with E-state index in [1.54, 1.807) is 6.20 Å². The molecule has 0 aromatic carbocycles. The van der Waals surface area contributed by atoms with Crippen LogP contribution in [0.2, 0.25) is 0 Å². The summed E-state index contributed by atoms with van der Waals surface area (Å²) in [6.07, 6.45) is 4.00. The van der Waals surface area contributed by atoms with E-state index in [9.17, 15) is 4.79 Å². The van der Waals surface area contributed by atoms with Crippen LogP contribution < -0.4 is 0 Å². The lowest BCUT2D eigenvalue weighted by Crippen LogP contribution is -2.39. The molecule has 1 fully saturated rings. The molecule has 1 aliphatic rings. The van der Waals surface area contributed by atoms with Crippen molar-refractivity contribution in [1.29, 1.82) is 0 Å². The topological polar surface area (TPSA) is 49.8 Å². The van der Waals surface area contributed by atoms with Crippen LogP contribution >= 0.6 is 0 Å². The van der Waals surface area contributed by atoms with Gasteiger partial charge in [-0.05, 0) is 6.42 Å². The lowest BCUT2D eigenvalue weighted by Gasteiger charge is -2.31. The maximum atomic E-state index is 10.2.